The second-order valence-corrected chi connectivity index (χ2v) is 2.31. The van der Waals surface area contributed by atoms with Crippen LogP contribution in [0.5, 0.6) is 0 Å². The first-order valence-corrected chi connectivity index (χ1v) is 4.26. The molecule has 0 saturated heterocycles. The predicted molar refractivity (Wildman–Crippen MR) is 56.9 cm³/mol. The number of pyridine rings is 1. The zero-order valence-corrected chi connectivity index (χ0v) is 8.30. The first kappa shape index (κ1) is 12.8. The minimum atomic E-state index is -0.495. The first-order valence-electron chi connectivity index (χ1n) is 4.26. The second kappa shape index (κ2) is 9.93. The molecule has 0 aromatic carbocycles. The maximum Gasteiger partial charge on any atom is 0.387 e. The van der Waals surface area contributed by atoms with Crippen LogP contribution in [-0.4, -0.2) is 24.1 Å². The van der Waals surface area contributed by atoms with Crippen LogP contribution in [0, 0.1) is 6.57 Å². The maximum absolute atomic E-state index is 10.3. The van der Waals surface area contributed by atoms with Crippen molar-refractivity contribution in [3.63, 3.8) is 0 Å². The fourth-order valence-electron chi connectivity index (χ4n) is 0.575. The van der Waals surface area contributed by atoms with Gasteiger partial charge in [0.2, 0.25) is 0 Å². The summed E-state index contributed by atoms with van der Waals surface area (Å²) in [6, 6.07) is 5.72. The summed E-state index contributed by atoms with van der Waals surface area (Å²) >= 11 is 0. The van der Waals surface area contributed by atoms with Gasteiger partial charge in [-0.25, -0.2) is 11.4 Å². The summed E-state index contributed by atoms with van der Waals surface area (Å²) in [6.45, 7) is 9.59. The lowest BCUT2D eigenvalue weighted by atomic mass is 10.5. The third-order valence-corrected chi connectivity index (χ3v) is 1.14. The summed E-state index contributed by atoms with van der Waals surface area (Å²) in [4.78, 5) is 16.9. The summed E-state index contributed by atoms with van der Waals surface area (Å²) in [5, 5.41) is 0. The highest BCUT2D eigenvalue weighted by Gasteiger charge is 2.01. The minimum Gasteiger partial charge on any atom is -0.456 e. The SMILES string of the molecule is [C-]#[N+]CC(=O)OCC=C.c1ccncc1. The van der Waals surface area contributed by atoms with Crippen molar-refractivity contribution in [2.24, 2.45) is 0 Å². The molecule has 15 heavy (non-hydrogen) atoms. The highest BCUT2D eigenvalue weighted by atomic mass is 16.5. The number of rotatable bonds is 3. The van der Waals surface area contributed by atoms with Gasteiger partial charge >= 0.3 is 12.5 Å². The van der Waals surface area contributed by atoms with Gasteiger partial charge in [0.1, 0.15) is 6.61 Å². The number of hydrogen-bond donors (Lipinski definition) is 0. The van der Waals surface area contributed by atoms with Gasteiger partial charge in [-0.1, -0.05) is 18.7 Å². The molecule has 0 fully saturated rings. The Kier molecular flexibility index (Phi) is 8.51. The van der Waals surface area contributed by atoms with Gasteiger partial charge in [0.25, 0.3) is 0 Å². The quantitative estimate of drug-likeness (QED) is 0.427. The van der Waals surface area contributed by atoms with Crippen LogP contribution in [-0.2, 0) is 9.53 Å². The van der Waals surface area contributed by atoms with Gasteiger partial charge in [0.05, 0.1) is 0 Å². The van der Waals surface area contributed by atoms with E-state index in [4.69, 9.17) is 6.57 Å². The number of aromatic nitrogens is 1. The van der Waals surface area contributed by atoms with Gasteiger partial charge in [-0.2, -0.15) is 0 Å². The van der Waals surface area contributed by atoms with E-state index in [1.165, 1.54) is 6.08 Å². The van der Waals surface area contributed by atoms with Gasteiger partial charge < -0.3 is 9.58 Å². The van der Waals surface area contributed by atoms with Crippen LogP contribution in [0.4, 0.5) is 0 Å². The predicted octanol–water partition coefficient (Wildman–Crippen LogP) is 1.72. The normalized spacial score (nSPS) is 7.67. The fraction of sp³-hybridized carbons (Fsp3) is 0.182. The van der Waals surface area contributed by atoms with Gasteiger partial charge in [-0.05, 0) is 12.1 Å². The molecule has 0 radical (unpaired) electrons. The largest absolute Gasteiger partial charge is 0.456 e. The molecule has 1 rings (SSSR count). The van der Waals surface area contributed by atoms with E-state index < -0.39 is 5.97 Å². The van der Waals surface area contributed by atoms with E-state index in [2.05, 4.69) is 21.1 Å². The Morgan fingerprint density at radius 1 is 1.47 bits per heavy atom. The Labute approximate surface area is 89.0 Å². The van der Waals surface area contributed by atoms with Crippen molar-refractivity contribution >= 4 is 5.97 Å². The lowest BCUT2D eigenvalue weighted by molar-refractivity contribution is -0.139. The fourth-order valence-corrected chi connectivity index (χ4v) is 0.575. The van der Waals surface area contributed by atoms with E-state index in [0.29, 0.717) is 0 Å². The van der Waals surface area contributed by atoms with Crippen LogP contribution >= 0.6 is 0 Å². The molecule has 0 spiro atoms. The molecule has 0 aliphatic rings. The highest BCUT2D eigenvalue weighted by Crippen LogP contribution is 1.78. The first-order chi connectivity index (χ1) is 7.31. The zero-order chi connectivity index (χ0) is 11.4. The maximum atomic E-state index is 10.3. The average Bonchev–Trinajstić information content (AvgIpc) is 2.30. The van der Waals surface area contributed by atoms with E-state index in [-0.39, 0.29) is 13.2 Å². The van der Waals surface area contributed by atoms with Crippen LogP contribution in [0.15, 0.2) is 43.2 Å². The van der Waals surface area contributed by atoms with Gasteiger partial charge in [-0.3, -0.25) is 4.98 Å². The van der Waals surface area contributed by atoms with Crippen LogP contribution in [0.25, 0.3) is 4.85 Å². The molecule has 0 saturated carbocycles. The van der Waals surface area contributed by atoms with Gasteiger partial charge in [0, 0.05) is 12.4 Å². The monoisotopic (exact) mass is 204 g/mol. The Hall–Kier alpha value is -2.15. The molecule has 0 N–H and O–H groups in total. The third-order valence-electron chi connectivity index (χ3n) is 1.14. The van der Waals surface area contributed by atoms with Crippen LogP contribution in [0.2, 0.25) is 0 Å². The molecule has 1 heterocycles. The van der Waals surface area contributed by atoms with E-state index in [0.717, 1.165) is 0 Å². The molecule has 1 aromatic heterocycles. The summed E-state index contributed by atoms with van der Waals surface area (Å²) in [7, 11) is 0. The summed E-state index contributed by atoms with van der Waals surface area (Å²) in [6.07, 6.45) is 4.96. The smallest absolute Gasteiger partial charge is 0.387 e. The standard InChI is InChI=1S/C6H7NO2.C5H5N/c1-3-4-9-6(8)5-7-2;1-2-4-6-5-3-1/h3H,1,4-5H2;1-5H. The summed E-state index contributed by atoms with van der Waals surface area (Å²) in [5.41, 5.74) is 0. The number of hydrogen-bond acceptors (Lipinski definition) is 3. The van der Waals surface area contributed by atoms with Gasteiger partial charge in [-0.15, -0.1) is 0 Å². The number of esters is 1. The Balaban J connectivity index is 0.000000280. The second-order valence-electron chi connectivity index (χ2n) is 2.31. The average molecular weight is 204 g/mol. The molecule has 0 amide bonds. The van der Waals surface area contributed by atoms with Crippen molar-refractivity contribution in [1.82, 2.24) is 4.98 Å². The summed E-state index contributed by atoms with van der Waals surface area (Å²) in [5.74, 6) is -0.495. The topological polar surface area (TPSA) is 43.5 Å². The van der Waals surface area contributed by atoms with Crippen molar-refractivity contribution in [2.75, 3.05) is 13.2 Å². The molecule has 4 nitrogen and oxygen atoms in total. The molecule has 0 aliphatic heterocycles. The molecule has 1 aromatic rings. The van der Waals surface area contributed by atoms with E-state index >= 15 is 0 Å². The molecule has 0 unspecified atom stereocenters. The van der Waals surface area contributed by atoms with Crippen molar-refractivity contribution in [3.05, 3.63) is 54.7 Å². The van der Waals surface area contributed by atoms with E-state index in [9.17, 15) is 4.79 Å². The van der Waals surface area contributed by atoms with Crippen molar-refractivity contribution in [3.8, 4) is 0 Å². The Morgan fingerprint density at radius 2 is 2.13 bits per heavy atom. The molecule has 0 bridgehead atoms. The van der Waals surface area contributed by atoms with E-state index in [1.54, 1.807) is 12.4 Å². The van der Waals surface area contributed by atoms with Crippen LogP contribution < -0.4 is 0 Å². The molecule has 78 valence electrons. The van der Waals surface area contributed by atoms with Crippen molar-refractivity contribution < 1.29 is 9.53 Å². The lowest BCUT2D eigenvalue weighted by Gasteiger charge is -1.92. The highest BCUT2D eigenvalue weighted by molar-refractivity contribution is 5.73. The lowest BCUT2D eigenvalue weighted by Crippen LogP contribution is -2.06. The number of carbonyl (C=O) groups is 1. The molecule has 4 heteroatoms. The number of nitrogens with zero attached hydrogens (tertiary/aromatic N) is 2. The molecular weight excluding hydrogens is 192 g/mol. The van der Waals surface area contributed by atoms with Crippen LogP contribution in [0.3, 0.4) is 0 Å². The van der Waals surface area contributed by atoms with Gasteiger partial charge in [0.15, 0.2) is 0 Å². The minimum absolute atomic E-state index is 0.189. The Morgan fingerprint density at radius 3 is 2.47 bits per heavy atom. The molecule has 0 atom stereocenters. The van der Waals surface area contributed by atoms with Crippen molar-refractivity contribution in [1.29, 1.82) is 0 Å². The number of ether oxygens (including phenoxy) is 1. The van der Waals surface area contributed by atoms with Crippen LogP contribution in [0.1, 0.15) is 0 Å². The molecule has 0 aliphatic carbocycles. The van der Waals surface area contributed by atoms with E-state index in [1.807, 2.05) is 18.2 Å². The number of carbonyl (C=O) groups excluding carboxylic acids is 1. The zero-order valence-electron chi connectivity index (χ0n) is 8.30. The van der Waals surface area contributed by atoms with Crippen molar-refractivity contribution in [2.45, 2.75) is 0 Å². The summed E-state index contributed by atoms with van der Waals surface area (Å²) < 4.78 is 4.46. The Bertz CT molecular complexity index is 290. The third kappa shape index (κ3) is 9.77. The molecular formula is C11H12N2O2.